The summed E-state index contributed by atoms with van der Waals surface area (Å²) in [6.45, 7) is 4.14. The van der Waals surface area contributed by atoms with E-state index in [4.69, 9.17) is 11.6 Å². The van der Waals surface area contributed by atoms with E-state index >= 15 is 0 Å². The fraction of sp³-hybridized carbons (Fsp3) is 0.857. The van der Waals surface area contributed by atoms with Crippen LogP contribution in [0.1, 0.15) is 20.3 Å². The average molecular weight is 163 g/mol. The van der Waals surface area contributed by atoms with E-state index in [-0.39, 0.29) is 0 Å². The van der Waals surface area contributed by atoms with Gasteiger partial charge in [0.15, 0.2) is 5.29 Å². The van der Waals surface area contributed by atoms with Crippen molar-refractivity contribution in [3.63, 3.8) is 0 Å². The maximum absolute atomic E-state index is 5.77. The minimum Gasteiger partial charge on any atom is -0.353 e. The van der Waals surface area contributed by atoms with Crippen LogP contribution in [0.4, 0.5) is 0 Å². The summed E-state index contributed by atoms with van der Waals surface area (Å²) in [5, 5.41) is 0.578. The third-order valence-corrected chi connectivity index (χ3v) is 1.72. The van der Waals surface area contributed by atoms with Crippen molar-refractivity contribution in [2.24, 2.45) is 4.99 Å². The molecule has 0 fully saturated rings. The summed E-state index contributed by atoms with van der Waals surface area (Å²) in [4.78, 5) is 6.00. The fourth-order valence-electron chi connectivity index (χ4n) is 0.389. The predicted molar refractivity (Wildman–Crippen MR) is 46.7 cm³/mol. The Labute approximate surface area is 67.9 Å². The maximum atomic E-state index is 5.77. The van der Waals surface area contributed by atoms with Gasteiger partial charge in [-0.1, -0.05) is 6.92 Å². The molecule has 0 aromatic heterocycles. The second-order valence-electron chi connectivity index (χ2n) is 2.55. The van der Waals surface area contributed by atoms with Gasteiger partial charge in [0, 0.05) is 14.1 Å². The summed E-state index contributed by atoms with van der Waals surface area (Å²) < 4.78 is 0. The molecule has 0 bridgehead atoms. The minimum atomic E-state index is 0.329. The van der Waals surface area contributed by atoms with Gasteiger partial charge in [-0.3, -0.25) is 4.99 Å². The van der Waals surface area contributed by atoms with Gasteiger partial charge in [0.1, 0.15) is 0 Å². The van der Waals surface area contributed by atoms with E-state index in [1.165, 1.54) is 0 Å². The van der Waals surface area contributed by atoms with Gasteiger partial charge in [-0.15, -0.1) is 0 Å². The summed E-state index contributed by atoms with van der Waals surface area (Å²) in [7, 11) is 3.77. The molecule has 0 aromatic rings. The maximum Gasteiger partial charge on any atom is 0.193 e. The van der Waals surface area contributed by atoms with Gasteiger partial charge in [-0.05, 0) is 24.9 Å². The Morgan fingerprint density at radius 1 is 1.60 bits per heavy atom. The zero-order valence-electron chi connectivity index (χ0n) is 7.06. The monoisotopic (exact) mass is 162 g/mol. The molecule has 1 atom stereocenters. The standard InChI is InChI=1S/C7H15ClN2/c1-5-6(2)9-7(8)10(3)4/h6H,5H2,1-4H3. The Balaban J connectivity index is 3.89. The van der Waals surface area contributed by atoms with Crippen molar-refractivity contribution in [3.05, 3.63) is 0 Å². The molecule has 0 saturated heterocycles. The topological polar surface area (TPSA) is 15.6 Å². The van der Waals surface area contributed by atoms with E-state index in [9.17, 15) is 0 Å². The molecule has 1 unspecified atom stereocenters. The van der Waals surface area contributed by atoms with E-state index in [2.05, 4.69) is 11.9 Å². The van der Waals surface area contributed by atoms with Crippen LogP contribution < -0.4 is 0 Å². The van der Waals surface area contributed by atoms with Crippen molar-refractivity contribution in [1.29, 1.82) is 0 Å². The van der Waals surface area contributed by atoms with Crippen LogP contribution in [-0.2, 0) is 0 Å². The first-order valence-electron chi connectivity index (χ1n) is 3.48. The normalized spacial score (nSPS) is 15.1. The first-order valence-corrected chi connectivity index (χ1v) is 3.86. The number of aliphatic imine (C=N–C) groups is 1. The Kier molecular flexibility index (Phi) is 4.45. The van der Waals surface area contributed by atoms with E-state index in [0.29, 0.717) is 11.3 Å². The SMILES string of the molecule is CCC(C)N=C(Cl)N(C)C. The molecule has 0 radical (unpaired) electrons. The van der Waals surface area contributed by atoms with E-state index in [0.717, 1.165) is 6.42 Å². The first-order chi connectivity index (χ1) is 4.57. The van der Waals surface area contributed by atoms with Crippen molar-refractivity contribution in [2.75, 3.05) is 14.1 Å². The van der Waals surface area contributed by atoms with Crippen LogP contribution in [0.3, 0.4) is 0 Å². The number of hydrogen-bond acceptors (Lipinski definition) is 1. The summed E-state index contributed by atoms with van der Waals surface area (Å²) in [6.07, 6.45) is 1.03. The zero-order valence-corrected chi connectivity index (χ0v) is 7.81. The lowest BCUT2D eigenvalue weighted by atomic mass is 10.3. The molecule has 0 aliphatic rings. The quantitative estimate of drug-likeness (QED) is 0.344. The number of halogens is 1. The smallest absolute Gasteiger partial charge is 0.193 e. The van der Waals surface area contributed by atoms with E-state index in [1.54, 1.807) is 4.90 Å². The molecule has 60 valence electrons. The second kappa shape index (κ2) is 4.56. The van der Waals surface area contributed by atoms with Crippen LogP contribution >= 0.6 is 11.6 Å². The molecule has 0 aliphatic heterocycles. The third kappa shape index (κ3) is 3.72. The molecule has 0 aromatic carbocycles. The average Bonchev–Trinajstić information content (AvgIpc) is 1.87. The molecule has 0 heterocycles. The lowest BCUT2D eigenvalue weighted by Crippen LogP contribution is -2.18. The Bertz CT molecular complexity index is 121. The molecule has 0 rings (SSSR count). The highest BCUT2D eigenvalue weighted by molar-refractivity contribution is 6.64. The van der Waals surface area contributed by atoms with Gasteiger partial charge >= 0.3 is 0 Å². The Hall–Kier alpha value is -0.240. The van der Waals surface area contributed by atoms with Crippen molar-refractivity contribution in [1.82, 2.24) is 4.90 Å². The molecule has 0 aliphatic carbocycles. The fourth-order valence-corrected chi connectivity index (χ4v) is 0.555. The molecule has 10 heavy (non-hydrogen) atoms. The minimum absolute atomic E-state index is 0.329. The second-order valence-corrected chi connectivity index (χ2v) is 2.89. The molecule has 0 N–H and O–H groups in total. The van der Waals surface area contributed by atoms with E-state index < -0.39 is 0 Å². The van der Waals surface area contributed by atoms with Crippen LogP contribution in [0.25, 0.3) is 0 Å². The van der Waals surface area contributed by atoms with Crippen LogP contribution in [0.5, 0.6) is 0 Å². The molecule has 2 nitrogen and oxygen atoms in total. The lowest BCUT2D eigenvalue weighted by molar-refractivity contribution is 0.614. The summed E-state index contributed by atoms with van der Waals surface area (Å²) >= 11 is 5.77. The molecular formula is C7H15ClN2. The van der Waals surface area contributed by atoms with Crippen LogP contribution in [-0.4, -0.2) is 30.3 Å². The van der Waals surface area contributed by atoms with Gasteiger partial charge in [-0.2, -0.15) is 0 Å². The van der Waals surface area contributed by atoms with Gasteiger partial charge in [0.05, 0.1) is 6.04 Å². The Morgan fingerprint density at radius 3 is 2.40 bits per heavy atom. The van der Waals surface area contributed by atoms with Crippen LogP contribution in [0.15, 0.2) is 4.99 Å². The van der Waals surface area contributed by atoms with Gasteiger partial charge in [-0.25, -0.2) is 0 Å². The van der Waals surface area contributed by atoms with Crippen LogP contribution in [0.2, 0.25) is 0 Å². The highest BCUT2D eigenvalue weighted by atomic mass is 35.5. The predicted octanol–water partition coefficient (Wildman–Crippen LogP) is 1.94. The number of amidine groups is 1. The first kappa shape index (κ1) is 9.76. The molecule has 0 amide bonds. The van der Waals surface area contributed by atoms with Crippen molar-refractivity contribution in [3.8, 4) is 0 Å². The van der Waals surface area contributed by atoms with Gasteiger partial charge in [0.25, 0.3) is 0 Å². The van der Waals surface area contributed by atoms with Crippen LogP contribution in [0, 0.1) is 0 Å². The summed E-state index contributed by atoms with van der Waals surface area (Å²) in [6, 6.07) is 0.329. The van der Waals surface area contributed by atoms with Crippen molar-refractivity contribution < 1.29 is 0 Å². The van der Waals surface area contributed by atoms with E-state index in [1.807, 2.05) is 21.0 Å². The lowest BCUT2D eigenvalue weighted by Gasteiger charge is -2.10. The highest BCUT2D eigenvalue weighted by Crippen LogP contribution is 1.99. The third-order valence-electron chi connectivity index (χ3n) is 1.29. The Morgan fingerprint density at radius 2 is 2.10 bits per heavy atom. The molecular weight excluding hydrogens is 148 g/mol. The molecule has 0 spiro atoms. The van der Waals surface area contributed by atoms with Crippen molar-refractivity contribution >= 4 is 16.9 Å². The number of rotatable bonds is 2. The number of nitrogens with zero attached hydrogens (tertiary/aromatic N) is 2. The largest absolute Gasteiger partial charge is 0.353 e. The van der Waals surface area contributed by atoms with Gasteiger partial charge in [0.2, 0.25) is 0 Å². The summed E-state index contributed by atoms with van der Waals surface area (Å²) in [5.74, 6) is 0. The number of hydrogen-bond donors (Lipinski definition) is 0. The molecule has 3 heteroatoms. The van der Waals surface area contributed by atoms with Gasteiger partial charge < -0.3 is 4.90 Å². The molecule has 0 saturated carbocycles. The zero-order chi connectivity index (χ0) is 8.15. The highest BCUT2D eigenvalue weighted by Gasteiger charge is 1.98. The van der Waals surface area contributed by atoms with Crippen molar-refractivity contribution in [2.45, 2.75) is 26.3 Å². The summed E-state index contributed by atoms with van der Waals surface area (Å²) in [5.41, 5.74) is 0.